The van der Waals surface area contributed by atoms with Gasteiger partial charge in [-0.15, -0.1) is 0 Å². The van der Waals surface area contributed by atoms with Gasteiger partial charge in [0.25, 0.3) is 5.91 Å². The third kappa shape index (κ3) is 2.32. The fraction of sp³-hybridized carbons (Fsp3) is 0.909. The van der Waals surface area contributed by atoms with Crippen LogP contribution < -0.4 is 0 Å². The van der Waals surface area contributed by atoms with Crippen molar-refractivity contribution in [2.45, 2.75) is 19.4 Å². The van der Waals surface area contributed by atoms with E-state index in [1.807, 2.05) is 4.90 Å². The molecule has 0 N–H and O–H groups in total. The molecule has 2 rings (SSSR count). The molecule has 1 amide bonds. The van der Waals surface area contributed by atoms with Crippen LogP contribution >= 0.6 is 0 Å². The molecule has 0 radical (unpaired) electrons. The van der Waals surface area contributed by atoms with Crippen LogP contribution in [-0.4, -0.2) is 61.6 Å². The molecular weight excluding hydrogens is 192 g/mol. The SMILES string of the molecule is CC1CCOC1C(=O)N1CCN(C)CC1. The zero-order valence-corrected chi connectivity index (χ0v) is 9.61. The number of ether oxygens (including phenoxy) is 1. The first kappa shape index (κ1) is 10.9. The first-order valence-electron chi connectivity index (χ1n) is 5.77. The van der Waals surface area contributed by atoms with Crippen molar-refractivity contribution in [2.75, 3.05) is 39.8 Å². The van der Waals surface area contributed by atoms with E-state index < -0.39 is 0 Å². The fourth-order valence-corrected chi connectivity index (χ4v) is 2.22. The van der Waals surface area contributed by atoms with E-state index in [-0.39, 0.29) is 12.0 Å². The summed E-state index contributed by atoms with van der Waals surface area (Å²) in [6.07, 6.45) is 0.845. The zero-order valence-electron chi connectivity index (χ0n) is 9.61. The van der Waals surface area contributed by atoms with Crippen LogP contribution in [0.3, 0.4) is 0 Å². The highest BCUT2D eigenvalue weighted by molar-refractivity contribution is 5.81. The van der Waals surface area contributed by atoms with Crippen molar-refractivity contribution < 1.29 is 9.53 Å². The summed E-state index contributed by atoms with van der Waals surface area (Å²) in [6.45, 7) is 6.50. The first-order valence-corrected chi connectivity index (χ1v) is 5.77. The summed E-state index contributed by atoms with van der Waals surface area (Å²) in [6, 6.07) is 0. The van der Waals surface area contributed by atoms with Crippen LogP contribution in [-0.2, 0) is 9.53 Å². The second-order valence-corrected chi connectivity index (χ2v) is 4.69. The highest BCUT2D eigenvalue weighted by Gasteiger charge is 2.34. The summed E-state index contributed by atoms with van der Waals surface area (Å²) in [5, 5.41) is 0. The van der Waals surface area contributed by atoms with Crippen LogP contribution in [0.5, 0.6) is 0 Å². The monoisotopic (exact) mass is 212 g/mol. The Hall–Kier alpha value is -0.610. The molecule has 0 bridgehead atoms. The largest absolute Gasteiger partial charge is 0.368 e. The molecular formula is C11H20N2O2. The van der Waals surface area contributed by atoms with E-state index >= 15 is 0 Å². The van der Waals surface area contributed by atoms with Gasteiger partial charge in [0, 0.05) is 32.8 Å². The van der Waals surface area contributed by atoms with Gasteiger partial charge in [-0.3, -0.25) is 4.79 Å². The predicted octanol–water partition coefficient (Wildman–Crippen LogP) is 0.185. The molecule has 0 aromatic rings. The molecule has 2 aliphatic heterocycles. The summed E-state index contributed by atoms with van der Waals surface area (Å²) in [7, 11) is 2.09. The van der Waals surface area contributed by atoms with E-state index in [4.69, 9.17) is 4.74 Å². The van der Waals surface area contributed by atoms with Crippen molar-refractivity contribution in [1.82, 2.24) is 9.80 Å². The number of nitrogens with zero attached hydrogens (tertiary/aromatic N) is 2. The molecule has 2 aliphatic rings. The molecule has 2 unspecified atom stereocenters. The van der Waals surface area contributed by atoms with Crippen LogP contribution in [0.1, 0.15) is 13.3 Å². The Kier molecular flexibility index (Phi) is 3.26. The molecule has 2 heterocycles. The molecule has 4 heteroatoms. The molecule has 86 valence electrons. The van der Waals surface area contributed by atoms with Crippen LogP contribution in [0.15, 0.2) is 0 Å². The number of hydrogen-bond acceptors (Lipinski definition) is 3. The summed E-state index contributed by atoms with van der Waals surface area (Å²) in [5.41, 5.74) is 0. The lowest BCUT2D eigenvalue weighted by Gasteiger charge is -2.34. The van der Waals surface area contributed by atoms with E-state index in [9.17, 15) is 4.79 Å². The molecule has 0 spiro atoms. The Morgan fingerprint density at radius 1 is 1.27 bits per heavy atom. The zero-order chi connectivity index (χ0) is 10.8. The maximum atomic E-state index is 12.1. The van der Waals surface area contributed by atoms with Gasteiger partial charge in [-0.05, 0) is 19.4 Å². The van der Waals surface area contributed by atoms with E-state index in [2.05, 4.69) is 18.9 Å². The molecule has 2 atom stereocenters. The number of hydrogen-bond donors (Lipinski definition) is 0. The maximum Gasteiger partial charge on any atom is 0.252 e. The highest BCUT2D eigenvalue weighted by Crippen LogP contribution is 2.22. The Bertz CT molecular complexity index is 237. The van der Waals surface area contributed by atoms with Crippen molar-refractivity contribution in [1.29, 1.82) is 0 Å². The molecule has 2 saturated heterocycles. The summed E-state index contributed by atoms with van der Waals surface area (Å²) in [5.74, 6) is 0.588. The van der Waals surface area contributed by atoms with Gasteiger partial charge in [0.1, 0.15) is 6.10 Å². The first-order chi connectivity index (χ1) is 7.18. The minimum Gasteiger partial charge on any atom is -0.368 e. The van der Waals surface area contributed by atoms with Gasteiger partial charge in [-0.25, -0.2) is 0 Å². The Labute approximate surface area is 91.2 Å². The van der Waals surface area contributed by atoms with Crippen molar-refractivity contribution in [2.24, 2.45) is 5.92 Å². The van der Waals surface area contributed by atoms with Gasteiger partial charge >= 0.3 is 0 Å². The molecule has 0 aromatic carbocycles. The van der Waals surface area contributed by atoms with Crippen molar-refractivity contribution in [3.63, 3.8) is 0 Å². The Balaban J connectivity index is 1.90. The predicted molar refractivity (Wildman–Crippen MR) is 57.6 cm³/mol. The standard InChI is InChI=1S/C11H20N2O2/c1-9-3-8-15-10(9)11(14)13-6-4-12(2)5-7-13/h9-10H,3-8H2,1-2H3. The van der Waals surface area contributed by atoms with Crippen molar-refractivity contribution >= 4 is 5.91 Å². The fourth-order valence-electron chi connectivity index (χ4n) is 2.22. The molecule has 0 aliphatic carbocycles. The normalized spacial score (nSPS) is 33.3. The van der Waals surface area contributed by atoms with E-state index in [1.165, 1.54) is 0 Å². The van der Waals surface area contributed by atoms with Crippen LogP contribution in [0.25, 0.3) is 0 Å². The minimum atomic E-state index is -0.173. The van der Waals surface area contributed by atoms with Gasteiger partial charge in [-0.1, -0.05) is 6.92 Å². The van der Waals surface area contributed by atoms with Crippen LogP contribution in [0.4, 0.5) is 0 Å². The van der Waals surface area contributed by atoms with Gasteiger partial charge in [0.15, 0.2) is 0 Å². The van der Waals surface area contributed by atoms with Gasteiger partial charge in [0.2, 0.25) is 0 Å². The topological polar surface area (TPSA) is 32.8 Å². The van der Waals surface area contributed by atoms with Gasteiger partial charge < -0.3 is 14.5 Å². The van der Waals surface area contributed by atoms with Gasteiger partial charge in [-0.2, -0.15) is 0 Å². The molecule has 2 fully saturated rings. The molecule has 0 aromatic heterocycles. The third-order valence-electron chi connectivity index (χ3n) is 3.45. The molecule has 15 heavy (non-hydrogen) atoms. The van der Waals surface area contributed by atoms with E-state index in [1.54, 1.807) is 0 Å². The second kappa shape index (κ2) is 4.49. The van der Waals surface area contributed by atoms with Crippen LogP contribution in [0.2, 0.25) is 0 Å². The third-order valence-corrected chi connectivity index (χ3v) is 3.45. The summed E-state index contributed by atoms with van der Waals surface area (Å²) >= 11 is 0. The number of carbonyl (C=O) groups is 1. The van der Waals surface area contributed by atoms with Crippen molar-refractivity contribution in [3.05, 3.63) is 0 Å². The lowest BCUT2D eigenvalue weighted by molar-refractivity contribution is -0.144. The van der Waals surface area contributed by atoms with Crippen LogP contribution in [0, 0.1) is 5.92 Å². The van der Waals surface area contributed by atoms with E-state index in [0.717, 1.165) is 39.2 Å². The van der Waals surface area contributed by atoms with E-state index in [0.29, 0.717) is 5.92 Å². The number of piperazine rings is 1. The quantitative estimate of drug-likeness (QED) is 0.622. The second-order valence-electron chi connectivity index (χ2n) is 4.69. The number of likely N-dealkylation sites (N-methyl/N-ethyl adjacent to an activating group) is 1. The summed E-state index contributed by atoms with van der Waals surface area (Å²) in [4.78, 5) is 16.3. The lowest BCUT2D eigenvalue weighted by Crippen LogP contribution is -2.51. The van der Waals surface area contributed by atoms with Crippen molar-refractivity contribution in [3.8, 4) is 0 Å². The minimum absolute atomic E-state index is 0.173. The van der Waals surface area contributed by atoms with Gasteiger partial charge in [0.05, 0.1) is 0 Å². The average Bonchev–Trinajstić information content (AvgIpc) is 2.65. The number of rotatable bonds is 1. The smallest absolute Gasteiger partial charge is 0.252 e. The average molecular weight is 212 g/mol. The summed E-state index contributed by atoms with van der Waals surface area (Å²) < 4.78 is 5.50. The number of amides is 1. The number of carbonyl (C=O) groups excluding carboxylic acids is 1. The molecule has 4 nitrogen and oxygen atoms in total. The maximum absolute atomic E-state index is 12.1. The highest BCUT2D eigenvalue weighted by atomic mass is 16.5. The molecule has 0 saturated carbocycles. The Morgan fingerprint density at radius 2 is 1.93 bits per heavy atom. The lowest BCUT2D eigenvalue weighted by atomic mass is 10.0. The Morgan fingerprint density at radius 3 is 2.47 bits per heavy atom.